The summed E-state index contributed by atoms with van der Waals surface area (Å²) in [5.74, 6) is -0.235. The van der Waals surface area contributed by atoms with Gasteiger partial charge in [0.15, 0.2) is 0 Å². The van der Waals surface area contributed by atoms with Gasteiger partial charge in [-0.25, -0.2) is 4.79 Å². The van der Waals surface area contributed by atoms with Crippen molar-refractivity contribution < 1.29 is 9.53 Å². The highest BCUT2D eigenvalue weighted by atomic mass is 16.5. The second-order valence-electron chi connectivity index (χ2n) is 4.05. The highest BCUT2D eigenvalue weighted by Gasteiger charge is 2.21. The summed E-state index contributed by atoms with van der Waals surface area (Å²) in [6.45, 7) is 3.69. The van der Waals surface area contributed by atoms with E-state index in [0.717, 1.165) is 11.3 Å². The van der Waals surface area contributed by atoms with Crippen molar-refractivity contribution in [2.45, 2.75) is 26.0 Å². The van der Waals surface area contributed by atoms with E-state index in [9.17, 15) is 4.79 Å². The molecule has 0 amide bonds. The number of para-hydroxylation sites is 1. The third kappa shape index (κ3) is 2.24. The molecule has 1 aliphatic rings. The van der Waals surface area contributed by atoms with Crippen LogP contribution in [0.2, 0.25) is 0 Å². The number of rotatable bonds is 2. The molecule has 0 spiro atoms. The minimum Gasteiger partial charge on any atom is -0.461 e. The lowest BCUT2D eigenvalue weighted by molar-refractivity contribution is -0.147. The van der Waals surface area contributed by atoms with Gasteiger partial charge >= 0.3 is 5.97 Å². The molecule has 0 bridgehead atoms. The number of hydrogen-bond donors (Lipinski definition) is 1. The van der Waals surface area contributed by atoms with E-state index >= 15 is 0 Å². The molecule has 1 aromatic rings. The van der Waals surface area contributed by atoms with E-state index < -0.39 is 0 Å². The average molecular weight is 217 g/mol. The minimum absolute atomic E-state index is 0.0835. The largest absolute Gasteiger partial charge is 0.461 e. The van der Waals surface area contributed by atoms with Crippen molar-refractivity contribution in [2.75, 3.05) is 5.32 Å². The fourth-order valence-corrected chi connectivity index (χ4v) is 1.63. The van der Waals surface area contributed by atoms with E-state index in [4.69, 9.17) is 4.74 Å². The second-order valence-corrected chi connectivity index (χ2v) is 4.05. The van der Waals surface area contributed by atoms with Gasteiger partial charge in [-0.2, -0.15) is 0 Å². The zero-order chi connectivity index (χ0) is 11.5. The number of benzene rings is 1. The third-order valence-electron chi connectivity index (χ3n) is 2.35. The Morgan fingerprint density at radius 3 is 2.88 bits per heavy atom. The number of anilines is 1. The van der Waals surface area contributed by atoms with Crippen molar-refractivity contribution in [1.82, 2.24) is 0 Å². The van der Waals surface area contributed by atoms with Crippen LogP contribution in [0.3, 0.4) is 0 Å². The first-order chi connectivity index (χ1) is 7.66. The smallest absolute Gasteiger partial charge is 0.332 e. The Morgan fingerprint density at radius 2 is 2.12 bits per heavy atom. The zero-order valence-electron chi connectivity index (χ0n) is 9.44. The van der Waals surface area contributed by atoms with Crippen molar-refractivity contribution in [3.8, 4) is 0 Å². The first-order valence-corrected chi connectivity index (χ1v) is 5.41. The van der Waals surface area contributed by atoms with Gasteiger partial charge in [-0.1, -0.05) is 30.4 Å². The highest BCUT2D eigenvalue weighted by Crippen LogP contribution is 2.22. The Kier molecular flexibility index (Phi) is 2.95. The van der Waals surface area contributed by atoms with Gasteiger partial charge in [0.25, 0.3) is 0 Å². The molecule has 1 atom stereocenters. The summed E-state index contributed by atoms with van der Waals surface area (Å²) < 4.78 is 5.15. The molecule has 1 N–H and O–H groups in total. The number of nitrogens with one attached hydrogen (secondary N) is 1. The van der Waals surface area contributed by atoms with Gasteiger partial charge in [-0.3, -0.25) is 0 Å². The van der Waals surface area contributed by atoms with E-state index in [1.165, 1.54) is 0 Å². The van der Waals surface area contributed by atoms with Crippen LogP contribution in [-0.4, -0.2) is 18.1 Å². The summed E-state index contributed by atoms with van der Waals surface area (Å²) >= 11 is 0. The number of hydrogen-bond acceptors (Lipinski definition) is 3. The Morgan fingerprint density at radius 1 is 1.38 bits per heavy atom. The first-order valence-electron chi connectivity index (χ1n) is 5.41. The number of carbonyl (C=O) groups excluding carboxylic acids is 1. The molecule has 3 heteroatoms. The van der Waals surface area contributed by atoms with Gasteiger partial charge in [0.2, 0.25) is 0 Å². The van der Waals surface area contributed by atoms with E-state index in [2.05, 4.69) is 5.32 Å². The summed E-state index contributed by atoms with van der Waals surface area (Å²) in [6.07, 6.45) is 3.69. The molecule has 0 fully saturated rings. The van der Waals surface area contributed by atoms with Gasteiger partial charge in [0.05, 0.1) is 6.10 Å². The van der Waals surface area contributed by atoms with Crippen LogP contribution in [0.1, 0.15) is 19.4 Å². The number of carbonyl (C=O) groups is 1. The molecule has 0 radical (unpaired) electrons. The predicted molar refractivity (Wildman–Crippen MR) is 64.1 cm³/mol. The van der Waals surface area contributed by atoms with E-state index in [1.807, 2.05) is 50.3 Å². The standard InChI is InChI=1S/C13H15NO2/c1-9(2)16-13(15)12-8-7-10-5-3-4-6-11(10)14-12/h3-9,12,14H,1-2H3. The maximum absolute atomic E-state index is 11.7. The molecule has 0 saturated heterocycles. The fourth-order valence-electron chi connectivity index (χ4n) is 1.63. The SMILES string of the molecule is CC(C)OC(=O)C1C=Cc2ccccc2N1. The second kappa shape index (κ2) is 4.39. The van der Waals surface area contributed by atoms with E-state index in [0.29, 0.717) is 0 Å². The van der Waals surface area contributed by atoms with Gasteiger partial charge in [0.1, 0.15) is 6.04 Å². The number of ether oxygens (including phenoxy) is 1. The summed E-state index contributed by atoms with van der Waals surface area (Å²) in [4.78, 5) is 11.7. The molecule has 1 aliphatic heterocycles. The zero-order valence-corrected chi connectivity index (χ0v) is 9.44. The minimum atomic E-state index is -0.378. The lowest BCUT2D eigenvalue weighted by atomic mass is 10.1. The molecule has 0 aliphatic carbocycles. The van der Waals surface area contributed by atoms with Crippen LogP contribution in [-0.2, 0) is 9.53 Å². The van der Waals surface area contributed by atoms with Crippen LogP contribution in [0.4, 0.5) is 5.69 Å². The summed E-state index contributed by atoms with van der Waals surface area (Å²) in [5.41, 5.74) is 2.06. The predicted octanol–water partition coefficient (Wildman–Crippen LogP) is 2.45. The molecule has 2 rings (SSSR count). The molecule has 84 valence electrons. The lowest BCUT2D eigenvalue weighted by Gasteiger charge is -2.21. The van der Waals surface area contributed by atoms with Crippen LogP contribution in [0, 0.1) is 0 Å². The Bertz CT molecular complexity index is 424. The molecule has 1 aromatic carbocycles. The van der Waals surface area contributed by atoms with Crippen molar-refractivity contribution in [1.29, 1.82) is 0 Å². The topological polar surface area (TPSA) is 38.3 Å². The van der Waals surface area contributed by atoms with Crippen molar-refractivity contribution in [3.63, 3.8) is 0 Å². The summed E-state index contributed by atoms with van der Waals surface area (Å²) in [7, 11) is 0. The monoisotopic (exact) mass is 217 g/mol. The lowest BCUT2D eigenvalue weighted by Crippen LogP contribution is -2.32. The normalized spacial score (nSPS) is 17.8. The van der Waals surface area contributed by atoms with E-state index in [1.54, 1.807) is 0 Å². The van der Waals surface area contributed by atoms with Crippen LogP contribution in [0.5, 0.6) is 0 Å². The summed E-state index contributed by atoms with van der Waals surface area (Å²) in [6, 6.07) is 7.49. The average Bonchev–Trinajstić information content (AvgIpc) is 2.27. The molecule has 0 aromatic heterocycles. The molecular formula is C13H15NO2. The fraction of sp³-hybridized carbons (Fsp3) is 0.308. The van der Waals surface area contributed by atoms with Crippen molar-refractivity contribution in [2.24, 2.45) is 0 Å². The Hall–Kier alpha value is -1.77. The molecule has 0 saturated carbocycles. The van der Waals surface area contributed by atoms with Gasteiger partial charge in [-0.15, -0.1) is 0 Å². The molecule has 3 nitrogen and oxygen atoms in total. The molecule has 16 heavy (non-hydrogen) atoms. The molecule has 1 unspecified atom stereocenters. The van der Waals surface area contributed by atoms with Crippen LogP contribution in [0.25, 0.3) is 6.08 Å². The van der Waals surface area contributed by atoms with Gasteiger partial charge in [-0.05, 0) is 25.5 Å². The van der Waals surface area contributed by atoms with Crippen LogP contribution in [0.15, 0.2) is 30.3 Å². The van der Waals surface area contributed by atoms with E-state index in [-0.39, 0.29) is 18.1 Å². The van der Waals surface area contributed by atoms with Crippen molar-refractivity contribution in [3.05, 3.63) is 35.9 Å². The molecular weight excluding hydrogens is 202 g/mol. The molecule has 1 heterocycles. The van der Waals surface area contributed by atoms with Gasteiger partial charge in [0, 0.05) is 5.69 Å². The Balaban J connectivity index is 2.11. The van der Waals surface area contributed by atoms with Crippen LogP contribution < -0.4 is 5.32 Å². The first kappa shape index (κ1) is 10.7. The maximum atomic E-state index is 11.7. The number of esters is 1. The van der Waals surface area contributed by atoms with Gasteiger partial charge < -0.3 is 10.1 Å². The Labute approximate surface area is 95.1 Å². The highest BCUT2D eigenvalue weighted by molar-refractivity contribution is 5.87. The summed E-state index contributed by atoms with van der Waals surface area (Å²) in [5, 5.41) is 3.14. The van der Waals surface area contributed by atoms with Crippen LogP contribution >= 0.6 is 0 Å². The van der Waals surface area contributed by atoms with Crippen molar-refractivity contribution >= 4 is 17.7 Å². The third-order valence-corrected chi connectivity index (χ3v) is 2.35. The quantitative estimate of drug-likeness (QED) is 0.773. The number of fused-ring (bicyclic) bond motifs is 1. The maximum Gasteiger partial charge on any atom is 0.332 e.